The molecule has 0 unspecified atom stereocenters. The van der Waals surface area contributed by atoms with E-state index in [0.29, 0.717) is 0 Å². The van der Waals surface area contributed by atoms with Gasteiger partial charge in [-0.2, -0.15) is 0 Å². The number of ether oxygens (including phenoxy) is 7. The Morgan fingerprint density at radius 3 is 2.19 bits per heavy atom. The largest absolute Gasteiger partial charge is 0.493 e. The minimum atomic E-state index is -2.38. The molecule has 42 heavy (non-hydrogen) atoms. The number of methoxy groups -OCH3 is 2. The lowest BCUT2D eigenvalue weighted by Crippen LogP contribution is -2.62. The number of allylic oxidation sites excluding steroid dienone is 1. The fourth-order valence-electron chi connectivity index (χ4n) is 4.59. The van der Waals surface area contributed by atoms with Crippen LogP contribution in [-0.2, 0) is 23.7 Å². The first kappa shape index (κ1) is 33.6. The molecule has 9 atom stereocenters. The summed E-state index contributed by atoms with van der Waals surface area (Å²) < 4.78 is 37.4. The van der Waals surface area contributed by atoms with Crippen LogP contribution in [0.15, 0.2) is 12.1 Å². The number of aliphatic hydroxyl groups is 7. The molecule has 16 nitrogen and oxygen atoms in total. The van der Waals surface area contributed by atoms with Crippen molar-refractivity contribution in [1.29, 1.82) is 0 Å². The summed E-state index contributed by atoms with van der Waals surface area (Å²) in [4.78, 5) is 25.0. The van der Waals surface area contributed by atoms with Gasteiger partial charge >= 0.3 is 11.9 Å². The molecule has 0 bridgehead atoms. The van der Waals surface area contributed by atoms with Crippen LogP contribution in [0.25, 0.3) is 6.08 Å². The summed E-state index contributed by atoms with van der Waals surface area (Å²) in [5.74, 6) is -4.44. The lowest BCUT2D eigenvalue weighted by atomic mass is 9.98. The summed E-state index contributed by atoms with van der Waals surface area (Å²) in [7, 11) is 2.54. The van der Waals surface area contributed by atoms with E-state index in [4.69, 9.17) is 33.2 Å². The first-order valence-corrected chi connectivity index (χ1v) is 12.8. The molecule has 2 heterocycles. The number of rotatable bonds is 11. The average molecular weight is 605 g/mol. The molecular weight excluding hydrogens is 568 g/mol. The normalized spacial score (nSPS) is 33.0. The van der Waals surface area contributed by atoms with Crippen LogP contribution in [0.4, 0.5) is 0 Å². The summed E-state index contributed by atoms with van der Waals surface area (Å²) in [5, 5.41) is 71.2. The third-order valence-corrected chi connectivity index (χ3v) is 6.72. The summed E-state index contributed by atoms with van der Waals surface area (Å²) in [6, 6.07) is 1.41. The second kappa shape index (κ2) is 14.0. The van der Waals surface area contributed by atoms with Crippen LogP contribution in [0.5, 0.6) is 17.2 Å². The summed E-state index contributed by atoms with van der Waals surface area (Å²) in [6.45, 7) is 0.272. The van der Waals surface area contributed by atoms with Gasteiger partial charge in [0.25, 0.3) is 0 Å². The van der Waals surface area contributed by atoms with E-state index in [1.165, 1.54) is 26.4 Å². The topological polar surface area (TPSA) is 240 Å². The van der Waals surface area contributed by atoms with Crippen molar-refractivity contribution in [3.63, 3.8) is 0 Å². The maximum atomic E-state index is 13.3. The first-order valence-electron chi connectivity index (χ1n) is 12.8. The van der Waals surface area contributed by atoms with Crippen LogP contribution in [0.3, 0.4) is 0 Å². The molecule has 0 saturated carbocycles. The lowest BCUT2D eigenvalue weighted by Gasteiger charge is -2.43. The van der Waals surface area contributed by atoms with E-state index in [0.717, 1.165) is 6.92 Å². The van der Waals surface area contributed by atoms with E-state index in [1.807, 2.05) is 0 Å². The lowest BCUT2D eigenvalue weighted by molar-refractivity contribution is -0.383. The van der Waals surface area contributed by atoms with E-state index in [2.05, 4.69) is 0 Å². The quantitative estimate of drug-likeness (QED) is 0.102. The predicted octanol–water partition coefficient (Wildman–Crippen LogP) is -2.56. The second-order valence-corrected chi connectivity index (χ2v) is 9.47. The van der Waals surface area contributed by atoms with Crippen molar-refractivity contribution in [1.82, 2.24) is 0 Å². The van der Waals surface area contributed by atoms with Crippen molar-refractivity contribution in [2.24, 2.45) is 0 Å². The third-order valence-electron chi connectivity index (χ3n) is 6.72. The van der Waals surface area contributed by atoms with Gasteiger partial charge in [0.2, 0.25) is 11.5 Å². The molecule has 2 aliphatic rings. The molecule has 1 aromatic rings. The molecule has 0 aromatic heterocycles. The standard InChI is InChI=1S/C26H36O16/c1-5-6-12-7-13(36-3)21(39-11(2)29)22(37-4)16(12)24(35)38-9-15-17(30)19(32)20(33)25(40-15)42-26(10-28)23(34)18(31)14(8-27)41-26/h5-7,14-15,17-20,23,25,27-28,30-34H,8-10H2,1-4H3/b6-5+/t14-,15-,17-,18-,19+,20-,23+,25-,26+/m1/s1. The smallest absolute Gasteiger partial charge is 0.342 e. The van der Waals surface area contributed by atoms with Gasteiger partial charge in [0, 0.05) is 6.92 Å². The summed E-state index contributed by atoms with van der Waals surface area (Å²) in [6.07, 6.45) is -10.9. The van der Waals surface area contributed by atoms with Crippen LogP contribution in [0, 0.1) is 0 Å². The Morgan fingerprint density at radius 1 is 0.976 bits per heavy atom. The molecule has 0 spiro atoms. The minimum Gasteiger partial charge on any atom is -0.493 e. The number of benzene rings is 1. The predicted molar refractivity (Wildman–Crippen MR) is 137 cm³/mol. The van der Waals surface area contributed by atoms with E-state index in [-0.39, 0.29) is 28.4 Å². The second-order valence-electron chi connectivity index (χ2n) is 9.47. The number of hydrogen-bond acceptors (Lipinski definition) is 16. The summed E-state index contributed by atoms with van der Waals surface area (Å²) in [5.41, 5.74) is 0.0696. The van der Waals surface area contributed by atoms with Crippen molar-refractivity contribution >= 4 is 18.0 Å². The van der Waals surface area contributed by atoms with Crippen molar-refractivity contribution in [2.75, 3.05) is 34.0 Å². The van der Waals surface area contributed by atoms with Gasteiger partial charge in [-0.05, 0) is 18.6 Å². The van der Waals surface area contributed by atoms with E-state index in [9.17, 15) is 45.3 Å². The fourth-order valence-corrected chi connectivity index (χ4v) is 4.59. The molecular formula is C26H36O16. The van der Waals surface area contributed by atoms with Gasteiger partial charge in [0.05, 0.1) is 20.8 Å². The van der Waals surface area contributed by atoms with Gasteiger partial charge in [-0.15, -0.1) is 0 Å². The molecule has 0 radical (unpaired) electrons. The molecule has 2 aliphatic heterocycles. The number of carbonyl (C=O) groups excluding carboxylic acids is 2. The molecule has 0 aliphatic carbocycles. The number of esters is 2. The van der Waals surface area contributed by atoms with Gasteiger partial charge in [0.15, 0.2) is 17.8 Å². The molecule has 2 saturated heterocycles. The molecule has 1 aromatic carbocycles. The van der Waals surface area contributed by atoms with E-state index < -0.39 is 86.6 Å². The monoisotopic (exact) mass is 604 g/mol. The Kier molecular flexibility index (Phi) is 11.2. The Morgan fingerprint density at radius 2 is 1.67 bits per heavy atom. The van der Waals surface area contributed by atoms with Crippen LogP contribution >= 0.6 is 0 Å². The van der Waals surface area contributed by atoms with Crippen LogP contribution in [-0.4, -0.2) is 137 Å². The molecule has 7 N–H and O–H groups in total. The van der Waals surface area contributed by atoms with Gasteiger partial charge in [-0.3, -0.25) is 4.79 Å². The highest BCUT2D eigenvalue weighted by Gasteiger charge is 2.58. The van der Waals surface area contributed by atoms with E-state index >= 15 is 0 Å². The first-order chi connectivity index (χ1) is 19.9. The van der Waals surface area contributed by atoms with Crippen LogP contribution in [0.1, 0.15) is 29.8 Å². The Labute approximate surface area is 240 Å². The highest BCUT2D eigenvalue weighted by atomic mass is 16.8. The summed E-state index contributed by atoms with van der Waals surface area (Å²) >= 11 is 0. The van der Waals surface area contributed by atoms with Gasteiger partial charge < -0.3 is 68.9 Å². The Balaban J connectivity index is 1.87. The van der Waals surface area contributed by atoms with Crippen LogP contribution < -0.4 is 14.2 Å². The Hall–Kier alpha value is -2.90. The van der Waals surface area contributed by atoms with Gasteiger partial charge in [-0.1, -0.05) is 12.2 Å². The zero-order valence-electron chi connectivity index (χ0n) is 23.3. The third kappa shape index (κ3) is 6.52. The fraction of sp³-hybridized carbons (Fsp3) is 0.615. The Bertz CT molecular complexity index is 1140. The van der Waals surface area contributed by atoms with Crippen molar-refractivity contribution in [3.05, 3.63) is 23.3 Å². The number of carbonyl (C=O) groups is 2. The molecule has 0 amide bonds. The maximum Gasteiger partial charge on any atom is 0.342 e. The average Bonchev–Trinajstić information content (AvgIpc) is 3.21. The highest BCUT2D eigenvalue weighted by molar-refractivity contribution is 5.99. The molecule has 236 valence electrons. The molecule has 16 heteroatoms. The number of hydrogen-bond donors (Lipinski definition) is 7. The van der Waals surface area contributed by atoms with Crippen LogP contribution in [0.2, 0.25) is 0 Å². The molecule has 3 rings (SSSR count). The van der Waals surface area contributed by atoms with Crippen molar-refractivity contribution < 1.29 is 78.5 Å². The zero-order valence-corrected chi connectivity index (χ0v) is 23.3. The van der Waals surface area contributed by atoms with Gasteiger partial charge in [-0.25, -0.2) is 4.79 Å². The minimum absolute atomic E-state index is 0.0810. The zero-order chi connectivity index (χ0) is 31.4. The number of aliphatic hydroxyl groups excluding tert-OH is 7. The highest BCUT2D eigenvalue weighted by Crippen LogP contribution is 2.43. The maximum absolute atomic E-state index is 13.3. The van der Waals surface area contributed by atoms with Crippen molar-refractivity contribution in [2.45, 2.75) is 68.7 Å². The van der Waals surface area contributed by atoms with Crippen molar-refractivity contribution in [3.8, 4) is 17.2 Å². The SMILES string of the molecule is C/C=C/c1cc(OC)c(OC(C)=O)c(OC)c1C(=O)OC[C@H]1O[C@H](O[C@]2(CO)O[C@H](CO)[C@@H](O)[C@@H]2O)[C@H](O)[C@@H](O)[C@@H]1O. The van der Waals surface area contributed by atoms with Gasteiger partial charge in [0.1, 0.15) is 61.5 Å². The van der Waals surface area contributed by atoms with E-state index in [1.54, 1.807) is 13.0 Å². The molecule has 2 fully saturated rings.